The van der Waals surface area contributed by atoms with Crippen molar-refractivity contribution in [1.29, 1.82) is 0 Å². The highest BCUT2D eigenvalue weighted by Crippen LogP contribution is 2.19. The van der Waals surface area contributed by atoms with Gasteiger partial charge in [0.05, 0.1) is 6.54 Å². The summed E-state index contributed by atoms with van der Waals surface area (Å²) in [5.74, 6) is 0.657. The number of nitrogens with one attached hydrogen (secondary N) is 3. The SMILES string of the molecule is CN=C(NCC(=O)NC(C)(C)C)NC1CCN(Cc2ccccc2)C(C)C1. The van der Waals surface area contributed by atoms with Crippen molar-refractivity contribution in [3.63, 3.8) is 0 Å². The molecule has 0 aliphatic carbocycles. The molecule has 6 heteroatoms. The van der Waals surface area contributed by atoms with Gasteiger partial charge in [-0.1, -0.05) is 30.3 Å². The second-order valence-corrected chi connectivity index (χ2v) is 8.39. The van der Waals surface area contributed by atoms with E-state index in [9.17, 15) is 4.79 Å². The Hall–Kier alpha value is -2.08. The van der Waals surface area contributed by atoms with Gasteiger partial charge in [0.15, 0.2) is 5.96 Å². The summed E-state index contributed by atoms with van der Waals surface area (Å²) >= 11 is 0. The van der Waals surface area contributed by atoms with Crippen LogP contribution >= 0.6 is 0 Å². The molecule has 3 N–H and O–H groups in total. The number of nitrogens with zero attached hydrogens (tertiary/aromatic N) is 2. The van der Waals surface area contributed by atoms with Crippen molar-refractivity contribution >= 4 is 11.9 Å². The van der Waals surface area contributed by atoms with Crippen LogP contribution in [0.4, 0.5) is 0 Å². The molecule has 2 atom stereocenters. The molecule has 0 bridgehead atoms. The quantitative estimate of drug-likeness (QED) is 0.546. The van der Waals surface area contributed by atoms with Gasteiger partial charge >= 0.3 is 0 Å². The highest BCUT2D eigenvalue weighted by molar-refractivity contribution is 5.86. The fourth-order valence-corrected chi connectivity index (χ4v) is 3.42. The number of piperidine rings is 1. The summed E-state index contributed by atoms with van der Waals surface area (Å²) in [7, 11) is 1.74. The molecule has 0 aromatic heterocycles. The van der Waals surface area contributed by atoms with Crippen molar-refractivity contribution in [3.05, 3.63) is 35.9 Å². The zero-order valence-electron chi connectivity index (χ0n) is 17.4. The molecular weight excluding hydrogens is 338 g/mol. The number of benzene rings is 1. The monoisotopic (exact) mass is 373 g/mol. The van der Waals surface area contributed by atoms with Crippen molar-refractivity contribution in [1.82, 2.24) is 20.9 Å². The number of guanidine groups is 1. The van der Waals surface area contributed by atoms with Crippen LogP contribution in [0.1, 0.15) is 46.1 Å². The summed E-state index contributed by atoms with van der Waals surface area (Å²) < 4.78 is 0. The first-order valence-electron chi connectivity index (χ1n) is 9.83. The zero-order valence-corrected chi connectivity index (χ0v) is 17.4. The molecule has 6 nitrogen and oxygen atoms in total. The highest BCUT2D eigenvalue weighted by atomic mass is 16.2. The topological polar surface area (TPSA) is 68.8 Å². The third-order valence-corrected chi connectivity index (χ3v) is 4.74. The average Bonchev–Trinajstić information content (AvgIpc) is 2.60. The largest absolute Gasteiger partial charge is 0.354 e. The summed E-state index contributed by atoms with van der Waals surface area (Å²) in [5.41, 5.74) is 1.13. The molecule has 1 aliphatic rings. The maximum absolute atomic E-state index is 12.0. The predicted octanol–water partition coefficient (Wildman–Crippen LogP) is 2.12. The van der Waals surface area contributed by atoms with E-state index in [0.29, 0.717) is 18.0 Å². The minimum Gasteiger partial charge on any atom is -0.354 e. The first-order chi connectivity index (χ1) is 12.8. The summed E-state index contributed by atoms with van der Waals surface area (Å²) in [6, 6.07) is 11.5. The van der Waals surface area contributed by atoms with Crippen molar-refractivity contribution < 1.29 is 4.79 Å². The molecular formula is C21H35N5O. The summed E-state index contributed by atoms with van der Waals surface area (Å²) in [5, 5.41) is 9.54. The number of hydrogen-bond acceptors (Lipinski definition) is 3. The molecule has 1 amide bonds. The van der Waals surface area contributed by atoms with Gasteiger partial charge in [-0.25, -0.2) is 0 Å². The number of likely N-dealkylation sites (tertiary alicyclic amines) is 1. The molecule has 2 rings (SSSR count). The number of hydrogen-bond donors (Lipinski definition) is 3. The fourth-order valence-electron chi connectivity index (χ4n) is 3.42. The number of carbonyl (C=O) groups excluding carboxylic acids is 1. The second-order valence-electron chi connectivity index (χ2n) is 8.39. The number of amides is 1. The van der Waals surface area contributed by atoms with Crippen LogP contribution in [-0.4, -0.2) is 54.5 Å². The Morgan fingerprint density at radius 2 is 1.96 bits per heavy atom. The molecule has 0 saturated carbocycles. The van der Waals surface area contributed by atoms with Crippen LogP contribution in [-0.2, 0) is 11.3 Å². The Morgan fingerprint density at radius 3 is 2.56 bits per heavy atom. The van der Waals surface area contributed by atoms with Gasteiger partial charge in [-0.3, -0.25) is 14.7 Å². The van der Waals surface area contributed by atoms with Gasteiger partial charge in [0.25, 0.3) is 0 Å². The molecule has 0 spiro atoms. The van der Waals surface area contributed by atoms with Gasteiger partial charge in [0.1, 0.15) is 0 Å². The summed E-state index contributed by atoms with van der Waals surface area (Å²) in [6.45, 7) is 10.5. The van der Waals surface area contributed by atoms with Gasteiger partial charge < -0.3 is 16.0 Å². The Kier molecular flexibility index (Phi) is 7.66. The molecule has 27 heavy (non-hydrogen) atoms. The Morgan fingerprint density at radius 1 is 1.26 bits per heavy atom. The van der Waals surface area contributed by atoms with Crippen molar-refractivity contribution in [2.24, 2.45) is 4.99 Å². The van der Waals surface area contributed by atoms with Gasteiger partial charge in [-0.15, -0.1) is 0 Å². The molecule has 1 fully saturated rings. The lowest BCUT2D eigenvalue weighted by Gasteiger charge is -2.38. The minimum absolute atomic E-state index is 0.0310. The van der Waals surface area contributed by atoms with Gasteiger partial charge in [-0.05, 0) is 46.1 Å². The standard InChI is InChI=1S/C21H35N5O/c1-16-13-18(11-12-26(16)15-17-9-7-6-8-10-17)24-20(22-5)23-14-19(27)25-21(2,3)4/h6-10,16,18H,11-15H2,1-5H3,(H,25,27)(H2,22,23,24). The molecule has 1 aromatic carbocycles. The van der Waals surface area contributed by atoms with E-state index >= 15 is 0 Å². The predicted molar refractivity (Wildman–Crippen MR) is 112 cm³/mol. The lowest BCUT2D eigenvalue weighted by Crippen LogP contribution is -2.53. The molecule has 1 aromatic rings. The van der Waals surface area contributed by atoms with Crippen LogP contribution in [0.25, 0.3) is 0 Å². The van der Waals surface area contributed by atoms with E-state index in [1.807, 2.05) is 20.8 Å². The lowest BCUT2D eigenvalue weighted by atomic mass is 9.97. The van der Waals surface area contributed by atoms with Crippen LogP contribution in [0, 0.1) is 0 Å². The van der Waals surface area contributed by atoms with Crippen LogP contribution < -0.4 is 16.0 Å². The maximum Gasteiger partial charge on any atom is 0.239 e. The molecule has 2 unspecified atom stereocenters. The van der Waals surface area contributed by atoms with Crippen molar-refractivity contribution in [2.45, 2.75) is 64.7 Å². The zero-order chi connectivity index (χ0) is 19.9. The van der Waals surface area contributed by atoms with Crippen LogP contribution in [0.5, 0.6) is 0 Å². The fraction of sp³-hybridized carbons (Fsp3) is 0.619. The highest BCUT2D eigenvalue weighted by Gasteiger charge is 2.26. The molecule has 1 heterocycles. The van der Waals surface area contributed by atoms with Crippen molar-refractivity contribution in [3.8, 4) is 0 Å². The van der Waals surface area contributed by atoms with Crippen LogP contribution in [0.15, 0.2) is 35.3 Å². The van der Waals surface area contributed by atoms with E-state index in [1.54, 1.807) is 7.05 Å². The van der Waals surface area contributed by atoms with Crippen LogP contribution in [0.2, 0.25) is 0 Å². The van der Waals surface area contributed by atoms with Gasteiger partial charge in [0, 0.05) is 37.8 Å². The Bertz CT molecular complexity index is 623. The maximum atomic E-state index is 12.0. The second kappa shape index (κ2) is 9.74. The number of rotatable bonds is 5. The van der Waals surface area contributed by atoms with Gasteiger partial charge in [0.2, 0.25) is 5.91 Å². The number of aliphatic imine (C=N–C) groups is 1. The lowest BCUT2D eigenvalue weighted by molar-refractivity contribution is -0.121. The first-order valence-corrected chi connectivity index (χ1v) is 9.83. The number of carbonyl (C=O) groups is 1. The Balaban J connectivity index is 1.78. The third-order valence-electron chi connectivity index (χ3n) is 4.74. The van der Waals surface area contributed by atoms with E-state index in [4.69, 9.17) is 0 Å². The minimum atomic E-state index is -0.225. The van der Waals surface area contributed by atoms with E-state index in [2.05, 4.69) is 63.1 Å². The van der Waals surface area contributed by atoms with Crippen molar-refractivity contribution in [2.75, 3.05) is 20.1 Å². The van der Waals surface area contributed by atoms with E-state index in [1.165, 1.54) is 5.56 Å². The normalized spacial score (nSPS) is 21.6. The summed E-state index contributed by atoms with van der Waals surface area (Å²) in [4.78, 5) is 18.8. The summed E-state index contributed by atoms with van der Waals surface area (Å²) in [6.07, 6.45) is 2.12. The van der Waals surface area contributed by atoms with Gasteiger partial charge in [-0.2, -0.15) is 0 Å². The molecule has 0 radical (unpaired) electrons. The average molecular weight is 374 g/mol. The van der Waals surface area contributed by atoms with E-state index in [-0.39, 0.29) is 18.0 Å². The molecule has 1 aliphatic heterocycles. The third kappa shape index (κ3) is 7.59. The smallest absolute Gasteiger partial charge is 0.239 e. The first kappa shape index (κ1) is 21.2. The van der Waals surface area contributed by atoms with E-state index in [0.717, 1.165) is 25.9 Å². The van der Waals surface area contributed by atoms with Crippen LogP contribution in [0.3, 0.4) is 0 Å². The Labute approximate surface area is 163 Å². The molecule has 150 valence electrons. The van der Waals surface area contributed by atoms with E-state index < -0.39 is 0 Å². The molecule has 1 saturated heterocycles.